The minimum Gasteiger partial charge on any atom is -0.497 e. The van der Waals surface area contributed by atoms with Gasteiger partial charge in [0.15, 0.2) is 0 Å². The van der Waals surface area contributed by atoms with Gasteiger partial charge in [0.2, 0.25) is 10.0 Å². The molecule has 0 aliphatic carbocycles. The zero-order valence-electron chi connectivity index (χ0n) is 10.5. The summed E-state index contributed by atoms with van der Waals surface area (Å²) < 4.78 is 37.3. The predicted molar refractivity (Wildman–Crippen MR) is 67.3 cm³/mol. The van der Waals surface area contributed by atoms with E-state index in [-0.39, 0.29) is 10.9 Å². The molecule has 1 aromatic carbocycles. The molecule has 18 heavy (non-hydrogen) atoms. The van der Waals surface area contributed by atoms with E-state index in [0.717, 1.165) is 0 Å². The highest BCUT2D eigenvalue weighted by atomic mass is 32.2. The normalized spacial score (nSPS) is 20.0. The number of nitrogens with one attached hydrogen (secondary N) is 1. The van der Waals surface area contributed by atoms with Gasteiger partial charge in [0.25, 0.3) is 0 Å². The molecule has 0 bridgehead atoms. The van der Waals surface area contributed by atoms with Gasteiger partial charge in [-0.3, -0.25) is 0 Å². The Bertz CT molecular complexity index is 521. The zero-order valence-corrected chi connectivity index (χ0v) is 11.3. The molecule has 6 heteroatoms. The molecule has 5 nitrogen and oxygen atoms in total. The largest absolute Gasteiger partial charge is 0.497 e. The molecule has 0 aromatic heterocycles. The highest BCUT2D eigenvalue weighted by Gasteiger charge is 2.24. The van der Waals surface area contributed by atoms with Crippen molar-refractivity contribution < 1.29 is 17.9 Å². The van der Waals surface area contributed by atoms with Crippen LogP contribution < -0.4 is 9.46 Å². The molecule has 1 aliphatic heterocycles. The number of hydrogen-bond donors (Lipinski definition) is 1. The van der Waals surface area contributed by atoms with Crippen LogP contribution in [0.4, 0.5) is 0 Å². The molecule has 1 aliphatic rings. The van der Waals surface area contributed by atoms with Gasteiger partial charge in [0, 0.05) is 12.6 Å². The second-order valence-corrected chi connectivity index (χ2v) is 6.00. The topological polar surface area (TPSA) is 64.6 Å². The van der Waals surface area contributed by atoms with E-state index >= 15 is 0 Å². The van der Waals surface area contributed by atoms with Crippen LogP contribution in [0.2, 0.25) is 0 Å². The molecule has 1 heterocycles. The smallest absolute Gasteiger partial charge is 0.241 e. The summed E-state index contributed by atoms with van der Waals surface area (Å²) >= 11 is 0. The number of aryl methyl sites for hydroxylation is 1. The molecule has 0 amide bonds. The molecule has 1 N–H and O–H groups in total. The van der Waals surface area contributed by atoms with Crippen molar-refractivity contribution in [3.63, 3.8) is 0 Å². The summed E-state index contributed by atoms with van der Waals surface area (Å²) in [6.07, 6.45) is 0.717. The fraction of sp³-hybridized carbons (Fsp3) is 0.500. The number of hydrogen-bond acceptors (Lipinski definition) is 4. The van der Waals surface area contributed by atoms with Crippen LogP contribution in [0.3, 0.4) is 0 Å². The van der Waals surface area contributed by atoms with Crippen LogP contribution in [0.1, 0.15) is 12.0 Å². The lowest BCUT2D eigenvalue weighted by Crippen LogP contribution is -2.35. The Labute approximate surface area is 107 Å². The minimum absolute atomic E-state index is 0.128. The van der Waals surface area contributed by atoms with E-state index in [1.54, 1.807) is 32.2 Å². The van der Waals surface area contributed by atoms with E-state index in [1.165, 1.54) is 0 Å². The molecule has 1 saturated heterocycles. The quantitative estimate of drug-likeness (QED) is 0.889. The van der Waals surface area contributed by atoms with Gasteiger partial charge in [-0.15, -0.1) is 0 Å². The first-order valence-corrected chi connectivity index (χ1v) is 7.26. The zero-order chi connectivity index (χ0) is 13.2. The van der Waals surface area contributed by atoms with Crippen molar-refractivity contribution in [2.75, 3.05) is 20.3 Å². The number of rotatable bonds is 4. The Morgan fingerprint density at radius 1 is 1.44 bits per heavy atom. The van der Waals surface area contributed by atoms with Crippen molar-refractivity contribution in [1.29, 1.82) is 0 Å². The Balaban J connectivity index is 2.23. The lowest BCUT2D eigenvalue weighted by molar-refractivity contribution is 0.192. The van der Waals surface area contributed by atoms with E-state index in [4.69, 9.17) is 9.47 Å². The molecule has 1 unspecified atom stereocenters. The summed E-state index contributed by atoms with van der Waals surface area (Å²) in [4.78, 5) is 0.287. The number of ether oxygens (including phenoxy) is 2. The predicted octanol–water partition coefficient (Wildman–Crippen LogP) is 1.07. The molecule has 0 radical (unpaired) electrons. The van der Waals surface area contributed by atoms with Crippen molar-refractivity contribution in [1.82, 2.24) is 4.72 Å². The molecule has 1 fully saturated rings. The molecular weight excluding hydrogens is 254 g/mol. The molecule has 2 rings (SSSR count). The third-order valence-electron chi connectivity index (χ3n) is 2.92. The average Bonchev–Trinajstić information content (AvgIpc) is 2.80. The summed E-state index contributed by atoms with van der Waals surface area (Å²) in [7, 11) is -1.93. The Morgan fingerprint density at radius 3 is 2.78 bits per heavy atom. The summed E-state index contributed by atoms with van der Waals surface area (Å²) in [6.45, 7) is 2.80. The molecule has 0 saturated carbocycles. The molecule has 1 atom stereocenters. The third-order valence-corrected chi connectivity index (χ3v) is 4.60. The summed E-state index contributed by atoms with van der Waals surface area (Å²) in [5, 5.41) is 0. The van der Waals surface area contributed by atoms with Crippen LogP contribution in [-0.2, 0) is 14.8 Å². The van der Waals surface area contributed by atoms with Crippen LogP contribution in [0.25, 0.3) is 0 Å². The maximum absolute atomic E-state index is 12.2. The van der Waals surface area contributed by atoms with Crippen LogP contribution in [0.15, 0.2) is 23.1 Å². The van der Waals surface area contributed by atoms with Gasteiger partial charge in [-0.05, 0) is 37.1 Å². The van der Waals surface area contributed by atoms with Crippen molar-refractivity contribution in [2.24, 2.45) is 0 Å². The van der Waals surface area contributed by atoms with Crippen molar-refractivity contribution in [2.45, 2.75) is 24.3 Å². The van der Waals surface area contributed by atoms with Crippen molar-refractivity contribution in [3.8, 4) is 5.75 Å². The van der Waals surface area contributed by atoms with Gasteiger partial charge in [0.1, 0.15) is 5.75 Å². The lowest BCUT2D eigenvalue weighted by atomic mass is 10.2. The third kappa shape index (κ3) is 2.82. The number of methoxy groups -OCH3 is 1. The van der Waals surface area contributed by atoms with Crippen LogP contribution in [-0.4, -0.2) is 34.8 Å². The minimum atomic E-state index is -3.48. The van der Waals surface area contributed by atoms with Crippen LogP contribution >= 0.6 is 0 Å². The average molecular weight is 271 g/mol. The second kappa shape index (κ2) is 5.26. The van der Waals surface area contributed by atoms with Crippen LogP contribution in [0, 0.1) is 6.92 Å². The maximum atomic E-state index is 12.2. The maximum Gasteiger partial charge on any atom is 0.241 e. The fourth-order valence-electron chi connectivity index (χ4n) is 1.96. The van der Waals surface area contributed by atoms with Gasteiger partial charge in [0.05, 0.1) is 18.6 Å². The van der Waals surface area contributed by atoms with Crippen molar-refractivity contribution >= 4 is 10.0 Å². The second-order valence-electron chi connectivity index (χ2n) is 4.31. The van der Waals surface area contributed by atoms with Gasteiger partial charge >= 0.3 is 0 Å². The standard InChI is InChI=1S/C12H17NO4S/c1-9-7-11(16-2)3-4-12(9)18(14,15)13-10-5-6-17-8-10/h3-4,7,10,13H,5-6,8H2,1-2H3. The van der Waals surface area contributed by atoms with Gasteiger partial charge < -0.3 is 9.47 Å². The molecule has 1 aromatic rings. The van der Waals surface area contributed by atoms with Crippen LogP contribution in [0.5, 0.6) is 5.75 Å². The molecule has 100 valence electrons. The fourth-order valence-corrected chi connectivity index (χ4v) is 3.44. The van der Waals surface area contributed by atoms with Gasteiger partial charge in [-0.2, -0.15) is 0 Å². The van der Waals surface area contributed by atoms with E-state index in [9.17, 15) is 8.42 Å². The molecular formula is C12H17NO4S. The highest BCUT2D eigenvalue weighted by molar-refractivity contribution is 7.89. The van der Waals surface area contributed by atoms with E-state index < -0.39 is 10.0 Å². The van der Waals surface area contributed by atoms with E-state index in [2.05, 4.69) is 4.72 Å². The Morgan fingerprint density at radius 2 is 2.22 bits per heavy atom. The lowest BCUT2D eigenvalue weighted by Gasteiger charge is -2.13. The first-order chi connectivity index (χ1) is 8.53. The Hall–Kier alpha value is -1.11. The summed E-state index contributed by atoms with van der Waals surface area (Å²) in [5.41, 5.74) is 0.667. The number of benzene rings is 1. The summed E-state index contributed by atoms with van der Waals surface area (Å²) in [5.74, 6) is 0.649. The van der Waals surface area contributed by atoms with Gasteiger partial charge in [-0.25, -0.2) is 13.1 Å². The molecule has 0 spiro atoms. The first kappa shape index (κ1) is 13.3. The van der Waals surface area contributed by atoms with E-state index in [1.807, 2.05) is 0 Å². The van der Waals surface area contributed by atoms with Crippen molar-refractivity contribution in [3.05, 3.63) is 23.8 Å². The monoisotopic (exact) mass is 271 g/mol. The Kier molecular flexibility index (Phi) is 3.89. The number of sulfonamides is 1. The van der Waals surface area contributed by atoms with Gasteiger partial charge in [-0.1, -0.05) is 0 Å². The highest BCUT2D eigenvalue weighted by Crippen LogP contribution is 2.21. The first-order valence-electron chi connectivity index (χ1n) is 5.77. The summed E-state index contributed by atoms with van der Waals surface area (Å²) in [6, 6.07) is 4.79. The van der Waals surface area contributed by atoms with E-state index in [0.29, 0.717) is 30.9 Å². The SMILES string of the molecule is COc1ccc(S(=O)(=O)NC2CCOC2)c(C)c1.